The Labute approximate surface area is 142 Å². The van der Waals surface area contributed by atoms with E-state index < -0.39 is 23.9 Å². The predicted octanol–water partition coefficient (Wildman–Crippen LogP) is 3.24. The summed E-state index contributed by atoms with van der Waals surface area (Å²) in [7, 11) is 0. The van der Waals surface area contributed by atoms with Crippen LogP contribution >= 0.6 is 0 Å². The van der Waals surface area contributed by atoms with E-state index in [1.165, 1.54) is 0 Å². The van der Waals surface area contributed by atoms with Crippen molar-refractivity contribution in [1.82, 2.24) is 0 Å². The number of hydrogen-bond donors (Lipinski definition) is 4. The molecule has 0 unspecified atom stereocenters. The summed E-state index contributed by atoms with van der Waals surface area (Å²) in [5.74, 6) is -3.02. The van der Waals surface area contributed by atoms with Crippen LogP contribution in [-0.2, 0) is 19.2 Å². The second-order valence-electron chi connectivity index (χ2n) is 5.07. The Morgan fingerprint density at radius 1 is 0.583 bits per heavy atom. The minimum absolute atomic E-state index is 0.245. The second-order valence-corrected chi connectivity index (χ2v) is 5.07. The van der Waals surface area contributed by atoms with Crippen LogP contribution in [0.3, 0.4) is 0 Å². The summed E-state index contributed by atoms with van der Waals surface area (Å²) >= 11 is 0. The number of hydrogen-bond acceptors (Lipinski definition) is 4. The number of carboxylic acid groups (broad SMARTS) is 4. The van der Waals surface area contributed by atoms with Gasteiger partial charge in [0.1, 0.15) is 0 Å². The third-order valence-corrected chi connectivity index (χ3v) is 2.50. The molecular weight excluding hydrogens is 320 g/mol. The highest BCUT2D eigenvalue weighted by atomic mass is 16.4. The van der Waals surface area contributed by atoms with E-state index >= 15 is 0 Å². The first-order valence-electron chi connectivity index (χ1n) is 7.98. The Hall–Kier alpha value is -2.12. The van der Waals surface area contributed by atoms with Gasteiger partial charge in [-0.25, -0.2) is 0 Å². The molecule has 0 aliphatic rings. The van der Waals surface area contributed by atoms with Crippen LogP contribution in [0.5, 0.6) is 0 Å². The normalized spacial score (nSPS) is 8.92. The Balaban J connectivity index is -0.000000363. The first kappa shape index (κ1) is 26.8. The third kappa shape index (κ3) is 50.2. The van der Waals surface area contributed by atoms with Gasteiger partial charge in [0.05, 0.1) is 0 Å². The zero-order valence-electron chi connectivity index (χ0n) is 14.5. The molecular formula is C16H30O8. The maximum Gasteiger partial charge on any atom is 0.303 e. The average molecular weight is 350 g/mol. The van der Waals surface area contributed by atoms with Crippen LogP contribution in [0.15, 0.2) is 0 Å². The molecule has 0 rings (SSSR count). The fourth-order valence-corrected chi connectivity index (χ4v) is 1.47. The van der Waals surface area contributed by atoms with E-state index in [0.717, 1.165) is 51.9 Å². The van der Waals surface area contributed by atoms with Crippen LogP contribution in [0.2, 0.25) is 0 Å². The molecule has 0 heterocycles. The number of carbonyl (C=O) groups is 4. The van der Waals surface area contributed by atoms with Crippen molar-refractivity contribution in [2.24, 2.45) is 0 Å². The van der Waals surface area contributed by atoms with Crippen molar-refractivity contribution in [2.45, 2.75) is 78.1 Å². The molecule has 0 aromatic rings. The molecule has 0 aliphatic carbocycles. The summed E-state index contributed by atoms with van der Waals surface area (Å²) in [5.41, 5.74) is 0. The molecule has 24 heavy (non-hydrogen) atoms. The topological polar surface area (TPSA) is 149 Å². The summed E-state index contributed by atoms with van der Waals surface area (Å²) in [6.07, 6.45) is 6.85. The quantitative estimate of drug-likeness (QED) is 0.415. The van der Waals surface area contributed by atoms with Gasteiger partial charge in [-0.3, -0.25) is 19.2 Å². The van der Waals surface area contributed by atoms with E-state index in [0.29, 0.717) is 6.42 Å². The highest BCUT2D eigenvalue weighted by Crippen LogP contribution is 2.08. The van der Waals surface area contributed by atoms with E-state index in [1.807, 2.05) is 6.92 Å². The number of unbranched alkanes of at least 4 members (excludes halogenated alkanes) is 5. The zero-order chi connectivity index (χ0) is 19.4. The fraction of sp³-hybridized carbons (Fsp3) is 0.750. The molecule has 0 amide bonds. The summed E-state index contributed by atoms with van der Waals surface area (Å²) in [6.45, 7) is 2.92. The van der Waals surface area contributed by atoms with Crippen LogP contribution < -0.4 is 0 Å². The van der Waals surface area contributed by atoms with Crippen molar-refractivity contribution in [3.05, 3.63) is 0 Å². The van der Waals surface area contributed by atoms with Gasteiger partial charge in [0.25, 0.3) is 5.97 Å². The van der Waals surface area contributed by atoms with Crippen molar-refractivity contribution < 1.29 is 39.6 Å². The molecule has 0 saturated heterocycles. The molecule has 8 nitrogen and oxygen atoms in total. The molecule has 0 aromatic heterocycles. The lowest BCUT2D eigenvalue weighted by Gasteiger charge is -1.98. The molecule has 0 aromatic carbocycles. The first-order chi connectivity index (χ1) is 11.1. The Bertz CT molecular complexity index is 328. The number of rotatable bonds is 11. The Morgan fingerprint density at radius 3 is 1.00 bits per heavy atom. The minimum Gasteiger partial charge on any atom is -0.481 e. The van der Waals surface area contributed by atoms with Crippen molar-refractivity contribution in [2.75, 3.05) is 0 Å². The zero-order valence-corrected chi connectivity index (χ0v) is 14.5. The van der Waals surface area contributed by atoms with Gasteiger partial charge < -0.3 is 20.4 Å². The summed E-state index contributed by atoms with van der Waals surface area (Å²) in [5, 5.41) is 32.0. The first-order valence-corrected chi connectivity index (χ1v) is 7.98. The highest BCUT2D eigenvalue weighted by Gasteiger charge is 1.98. The van der Waals surface area contributed by atoms with Crippen molar-refractivity contribution in [3.63, 3.8) is 0 Å². The van der Waals surface area contributed by atoms with Crippen molar-refractivity contribution in [1.29, 1.82) is 0 Å². The van der Waals surface area contributed by atoms with E-state index in [4.69, 9.17) is 25.2 Å². The van der Waals surface area contributed by atoms with Gasteiger partial charge in [-0.15, -0.1) is 0 Å². The van der Waals surface area contributed by atoms with Crippen LogP contribution in [-0.4, -0.2) is 44.3 Å². The molecule has 0 radical (unpaired) electrons. The van der Waals surface area contributed by atoms with Gasteiger partial charge in [0, 0.05) is 26.2 Å². The van der Waals surface area contributed by atoms with Crippen LogP contribution in [0.4, 0.5) is 0 Å². The summed E-state index contributed by atoms with van der Waals surface area (Å²) < 4.78 is 0. The monoisotopic (exact) mass is 350 g/mol. The minimum atomic E-state index is -0.833. The number of aliphatic carboxylic acids is 4. The van der Waals surface area contributed by atoms with Gasteiger partial charge in [-0.1, -0.05) is 32.6 Å². The molecule has 8 heteroatoms. The van der Waals surface area contributed by atoms with E-state index in [-0.39, 0.29) is 12.8 Å². The molecule has 0 fully saturated rings. The lowest BCUT2D eigenvalue weighted by molar-refractivity contribution is -0.138. The van der Waals surface area contributed by atoms with Crippen molar-refractivity contribution >= 4 is 23.9 Å². The summed E-state index contributed by atoms with van der Waals surface area (Å²) in [6, 6.07) is 0. The maximum atomic E-state index is 10.1. The average Bonchev–Trinajstić information content (AvgIpc) is 2.41. The van der Waals surface area contributed by atoms with Gasteiger partial charge in [-0.05, 0) is 19.3 Å². The van der Waals surface area contributed by atoms with Crippen molar-refractivity contribution in [3.8, 4) is 0 Å². The second kappa shape index (κ2) is 20.9. The maximum absolute atomic E-state index is 10.1. The van der Waals surface area contributed by atoms with E-state index in [1.54, 1.807) is 0 Å². The number of carboxylic acids is 4. The molecule has 0 bridgehead atoms. The van der Waals surface area contributed by atoms with Crippen LogP contribution in [0, 0.1) is 0 Å². The molecule has 0 saturated carbocycles. The molecule has 0 aliphatic heterocycles. The van der Waals surface area contributed by atoms with Crippen LogP contribution in [0.1, 0.15) is 78.1 Å². The largest absolute Gasteiger partial charge is 0.481 e. The molecule has 142 valence electrons. The smallest absolute Gasteiger partial charge is 0.303 e. The molecule has 0 atom stereocenters. The predicted molar refractivity (Wildman–Crippen MR) is 88.1 cm³/mol. The van der Waals surface area contributed by atoms with E-state index in [2.05, 4.69) is 0 Å². The van der Waals surface area contributed by atoms with E-state index in [9.17, 15) is 14.4 Å². The standard InChI is InChI=1S/C10H18O4.C4H8O2.C2H4O2/c11-9(12)7-5-3-1-2-4-6-8-10(13)14;1-2-3-4(5)6;1-2(3)4/h1-8H2,(H,11,12)(H,13,14);2-3H2,1H3,(H,5,6);1H3,(H,3,4). The van der Waals surface area contributed by atoms with Gasteiger partial charge in [0.2, 0.25) is 0 Å². The van der Waals surface area contributed by atoms with Gasteiger partial charge in [-0.2, -0.15) is 0 Å². The molecule has 4 N–H and O–H groups in total. The lowest BCUT2D eigenvalue weighted by Crippen LogP contribution is -1.94. The van der Waals surface area contributed by atoms with Gasteiger partial charge in [0.15, 0.2) is 0 Å². The highest BCUT2D eigenvalue weighted by molar-refractivity contribution is 5.67. The van der Waals surface area contributed by atoms with Gasteiger partial charge >= 0.3 is 17.9 Å². The molecule has 0 spiro atoms. The SMILES string of the molecule is CC(=O)O.CCCC(=O)O.O=C(O)CCCCCCCCC(=O)O. The fourth-order valence-electron chi connectivity index (χ4n) is 1.47. The van der Waals surface area contributed by atoms with Crippen LogP contribution in [0.25, 0.3) is 0 Å². The Morgan fingerprint density at radius 2 is 0.833 bits per heavy atom. The Kier molecular flexibility index (Phi) is 23.3. The lowest BCUT2D eigenvalue weighted by atomic mass is 10.1. The summed E-state index contributed by atoms with van der Waals surface area (Å²) in [4.78, 5) is 38.9. The third-order valence-electron chi connectivity index (χ3n) is 2.50.